The van der Waals surface area contributed by atoms with Gasteiger partial charge in [0.1, 0.15) is 5.75 Å². The highest BCUT2D eigenvalue weighted by molar-refractivity contribution is 7.92. The zero-order valence-corrected chi connectivity index (χ0v) is 11.3. The number of Topliss-reactive ketones (excluding diaryl/α,β-unsaturated/α-hetero) is 1. The molecule has 0 aromatic heterocycles. The summed E-state index contributed by atoms with van der Waals surface area (Å²) in [5, 5.41) is 0. The molecule has 3 nitrogen and oxygen atoms in total. The van der Waals surface area contributed by atoms with Crippen LogP contribution in [0.25, 0.3) is 0 Å². The number of hydrogen-bond acceptors (Lipinski definition) is 3. The Kier molecular flexibility index (Phi) is 4.46. The number of aryl methyl sites for hydroxylation is 2. The molecule has 1 aromatic carbocycles. The van der Waals surface area contributed by atoms with Gasteiger partial charge < -0.3 is 0 Å². The molecular weight excluding hydrogens is 236 g/mol. The topological polar surface area (TPSA) is 51.2 Å². The van der Waals surface area contributed by atoms with Crippen LogP contribution in [0.15, 0.2) is 18.2 Å². The van der Waals surface area contributed by atoms with Gasteiger partial charge in [0, 0.05) is 5.56 Å². The molecule has 1 rings (SSSR count). The number of carbonyl (C=O) groups excluding carboxylic acids is 1. The van der Waals surface area contributed by atoms with Gasteiger partial charge in [-0.15, -0.1) is 0 Å². The largest absolute Gasteiger partial charge is 0.293 e. The maximum Gasteiger partial charge on any atom is 0.177 e. The first-order chi connectivity index (χ1) is 7.85. The van der Waals surface area contributed by atoms with E-state index in [-0.39, 0.29) is 17.3 Å². The molecule has 4 heteroatoms. The second kappa shape index (κ2) is 5.45. The van der Waals surface area contributed by atoms with Gasteiger partial charge in [-0.2, -0.15) is 0 Å². The van der Waals surface area contributed by atoms with E-state index < -0.39 is 9.84 Å². The number of benzene rings is 1. The van der Waals surface area contributed by atoms with Crippen LogP contribution in [0.3, 0.4) is 0 Å². The van der Waals surface area contributed by atoms with E-state index in [0.29, 0.717) is 12.0 Å². The van der Waals surface area contributed by atoms with Crippen molar-refractivity contribution in [1.29, 1.82) is 0 Å². The molecule has 0 aliphatic rings. The van der Waals surface area contributed by atoms with Gasteiger partial charge in [-0.25, -0.2) is 8.42 Å². The normalized spacial score (nSPS) is 11.5. The quantitative estimate of drug-likeness (QED) is 0.758. The maximum absolute atomic E-state index is 11.8. The van der Waals surface area contributed by atoms with Crippen molar-refractivity contribution in [3.05, 3.63) is 34.9 Å². The zero-order chi connectivity index (χ0) is 13.1. The Labute approximate surface area is 103 Å². The van der Waals surface area contributed by atoms with Crippen molar-refractivity contribution in [3.63, 3.8) is 0 Å². The summed E-state index contributed by atoms with van der Waals surface area (Å²) in [7, 11) is -3.25. The second-order valence-corrected chi connectivity index (χ2v) is 6.50. The Morgan fingerprint density at radius 3 is 2.35 bits per heavy atom. The molecule has 0 aliphatic carbocycles. The minimum Gasteiger partial charge on any atom is -0.293 e. The minimum absolute atomic E-state index is 0.0730. The fourth-order valence-corrected chi connectivity index (χ4v) is 2.91. The number of hydrogen-bond donors (Lipinski definition) is 0. The highest BCUT2D eigenvalue weighted by atomic mass is 32.2. The van der Waals surface area contributed by atoms with E-state index in [0.717, 1.165) is 11.1 Å². The van der Waals surface area contributed by atoms with E-state index >= 15 is 0 Å². The number of carbonyl (C=O) groups is 1. The first-order valence-corrected chi connectivity index (χ1v) is 7.48. The molecule has 0 saturated carbocycles. The molecule has 0 unspecified atom stereocenters. The van der Waals surface area contributed by atoms with Crippen molar-refractivity contribution in [2.75, 3.05) is 11.5 Å². The van der Waals surface area contributed by atoms with Gasteiger partial charge in [0.15, 0.2) is 15.6 Å². The molecule has 0 radical (unpaired) electrons. The molecule has 94 valence electrons. The van der Waals surface area contributed by atoms with Crippen molar-refractivity contribution < 1.29 is 13.2 Å². The van der Waals surface area contributed by atoms with Gasteiger partial charge in [0.05, 0.1) is 5.75 Å². The Balaban J connectivity index is 2.87. The maximum atomic E-state index is 11.8. The first kappa shape index (κ1) is 13.9. The number of ketones is 1. The first-order valence-electron chi connectivity index (χ1n) is 5.66. The predicted molar refractivity (Wildman–Crippen MR) is 69.2 cm³/mol. The summed E-state index contributed by atoms with van der Waals surface area (Å²) < 4.78 is 23.1. The highest BCUT2D eigenvalue weighted by Gasteiger charge is 2.17. The summed E-state index contributed by atoms with van der Waals surface area (Å²) in [6, 6.07) is 5.28. The molecular formula is C13H18O3S. The van der Waals surface area contributed by atoms with Crippen LogP contribution in [0.5, 0.6) is 0 Å². The lowest BCUT2D eigenvalue weighted by atomic mass is 10.0. The van der Waals surface area contributed by atoms with Crippen LogP contribution in [-0.2, 0) is 9.84 Å². The average Bonchev–Trinajstić information content (AvgIpc) is 2.21. The molecule has 0 atom stereocenters. The summed E-state index contributed by atoms with van der Waals surface area (Å²) in [5.74, 6) is -0.631. The molecule has 0 fully saturated rings. The Bertz CT molecular complexity index is 515. The van der Waals surface area contributed by atoms with Gasteiger partial charge >= 0.3 is 0 Å². The van der Waals surface area contributed by atoms with Crippen LogP contribution in [0.4, 0.5) is 0 Å². The van der Waals surface area contributed by atoms with E-state index in [1.165, 1.54) is 0 Å². The third kappa shape index (κ3) is 3.97. The van der Waals surface area contributed by atoms with Gasteiger partial charge in [0.2, 0.25) is 0 Å². The Hall–Kier alpha value is -1.16. The van der Waals surface area contributed by atoms with Gasteiger partial charge in [-0.05, 0) is 37.5 Å². The predicted octanol–water partition coefficient (Wildman–Crippen LogP) is 2.31. The van der Waals surface area contributed by atoms with E-state index in [1.54, 1.807) is 19.1 Å². The van der Waals surface area contributed by atoms with Crippen LogP contribution in [0.1, 0.15) is 34.8 Å². The second-order valence-electron chi connectivity index (χ2n) is 4.31. The summed E-state index contributed by atoms with van der Waals surface area (Å²) in [6.45, 7) is 5.65. The van der Waals surface area contributed by atoms with E-state index in [4.69, 9.17) is 0 Å². The van der Waals surface area contributed by atoms with Gasteiger partial charge in [0.25, 0.3) is 0 Å². The minimum atomic E-state index is -3.25. The lowest BCUT2D eigenvalue weighted by Crippen LogP contribution is -2.18. The fourth-order valence-electron chi connectivity index (χ4n) is 1.58. The number of rotatable bonds is 5. The van der Waals surface area contributed by atoms with Crippen molar-refractivity contribution in [2.24, 2.45) is 0 Å². The Morgan fingerprint density at radius 2 is 1.82 bits per heavy atom. The lowest BCUT2D eigenvalue weighted by Gasteiger charge is -2.05. The van der Waals surface area contributed by atoms with Crippen molar-refractivity contribution >= 4 is 15.6 Å². The molecule has 0 saturated heterocycles. The fraction of sp³-hybridized carbons (Fsp3) is 0.462. The summed E-state index contributed by atoms with van der Waals surface area (Å²) in [5.41, 5.74) is 2.58. The summed E-state index contributed by atoms with van der Waals surface area (Å²) in [6.07, 6.45) is 0.544. The van der Waals surface area contributed by atoms with Crippen molar-refractivity contribution in [1.82, 2.24) is 0 Å². The van der Waals surface area contributed by atoms with Crippen LogP contribution in [-0.4, -0.2) is 25.7 Å². The van der Waals surface area contributed by atoms with Crippen LogP contribution >= 0.6 is 0 Å². The molecule has 0 N–H and O–H groups in total. The van der Waals surface area contributed by atoms with Crippen LogP contribution in [0.2, 0.25) is 0 Å². The van der Waals surface area contributed by atoms with Gasteiger partial charge in [-0.1, -0.05) is 19.1 Å². The van der Waals surface area contributed by atoms with Gasteiger partial charge in [-0.3, -0.25) is 4.79 Å². The van der Waals surface area contributed by atoms with E-state index in [9.17, 15) is 13.2 Å². The molecule has 17 heavy (non-hydrogen) atoms. The van der Waals surface area contributed by atoms with E-state index in [2.05, 4.69) is 0 Å². The smallest absolute Gasteiger partial charge is 0.177 e. The molecule has 1 aromatic rings. The summed E-state index contributed by atoms with van der Waals surface area (Å²) in [4.78, 5) is 11.8. The molecule has 0 heterocycles. The summed E-state index contributed by atoms with van der Waals surface area (Å²) >= 11 is 0. The van der Waals surface area contributed by atoms with Crippen molar-refractivity contribution in [2.45, 2.75) is 27.2 Å². The highest BCUT2D eigenvalue weighted by Crippen LogP contribution is 2.11. The average molecular weight is 254 g/mol. The SMILES string of the molecule is CCCS(=O)(=O)CC(=O)c1ccc(C)c(C)c1. The third-order valence-electron chi connectivity index (χ3n) is 2.70. The van der Waals surface area contributed by atoms with Crippen molar-refractivity contribution in [3.8, 4) is 0 Å². The zero-order valence-electron chi connectivity index (χ0n) is 10.5. The monoisotopic (exact) mass is 254 g/mol. The molecule has 0 spiro atoms. The van der Waals surface area contributed by atoms with Crippen LogP contribution < -0.4 is 0 Å². The molecule has 0 bridgehead atoms. The van der Waals surface area contributed by atoms with Crippen LogP contribution in [0, 0.1) is 13.8 Å². The lowest BCUT2D eigenvalue weighted by molar-refractivity contribution is 0.102. The van der Waals surface area contributed by atoms with E-state index in [1.807, 2.05) is 19.9 Å². The molecule has 0 amide bonds. The Morgan fingerprint density at radius 1 is 1.18 bits per heavy atom. The third-order valence-corrected chi connectivity index (χ3v) is 4.43. The standard InChI is InChI=1S/C13H18O3S/c1-4-7-17(15,16)9-13(14)12-6-5-10(2)11(3)8-12/h5-6,8H,4,7,9H2,1-3H3. The number of sulfone groups is 1. The molecule has 0 aliphatic heterocycles.